The van der Waals surface area contributed by atoms with Crippen molar-refractivity contribution in [3.05, 3.63) is 69.8 Å². The van der Waals surface area contributed by atoms with Gasteiger partial charge in [-0.25, -0.2) is 9.78 Å². The summed E-state index contributed by atoms with van der Waals surface area (Å²) in [6, 6.07) is 11.2. The van der Waals surface area contributed by atoms with Gasteiger partial charge in [0.05, 0.1) is 21.9 Å². The summed E-state index contributed by atoms with van der Waals surface area (Å²) in [5, 5.41) is 0.301. The first kappa shape index (κ1) is 28.0. The number of carbonyl (C=O) groups is 2. The van der Waals surface area contributed by atoms with Crippen molar-refractivity contribution in [1.82, 2.24) is 14.3 Å². The molecule has 0 aliphatic rings. The Morgan fingerprint density at radius 3 is 2.22 bits per heavy atom. The normalized spacial score (nSPS) is 13.8. The van der Waals surface area contributed by atoms with Crippen LogP contribution in [0, 0.1) is 12.3 Å². The van der Waals surface area contributed by atoms with Crippen LogP contribution in [0.5, 0.6) is 0 Å². The van der Waals surface area contributed by atoms with E-state index in [0.29, 0.717) is 33.5 Å². The molecule has 0 saturated heterocycles. The Hall–Kier alpha value is -3.59. The minimum Gasteiger partial charge on any atom is -0.456 e. The molecule has 0 fully saturated rings. The summed E-state index contributed by atoms with van der Waals surface area (Å²) < 4.78 is 26.7. The Kier molecular flexibility index (Phi) is 7.60. The van der Waals surface area contributed by atoms with E-state index >= 15 is 4.48 Å². The quantitative estimate of drug-likeness (QED) is 0.332. The molecule has 0 spiro atoms. The zero-order valence-corrected chi connectivity index (χ0v) is 22.7. The highest BCUT2D eigenvalue weighted by Gasteiger charge is 2.28. The largest absolute Gasteiger partial charge is 0.456 e. The number of hydrogen-bond donors (Lipinski definition) is 0. The van der Waals surface area contributed by atoms with Gasteiger partial charge in [0.1, 0.15) is 25.0 Å². The van der Waals surface area contributed by atoms with Gasteiger partial charge in [-0.1, -0.05) is 10.8 Å². The van der Waals surface area contributed by atoms with Crippen LogP contribution < -0.4 is 10.3 Å². The molecule has 1 unspecified atom stereocenters. The van der Waals surface area contributed by atoms with Crippen molar-refractivity contribution in [2.45, 2.75) is 67.3 Å². The van der Waals surface area contributed by atoms with Gasteiger partial charge in [0.2, 0.25) is 0 Å². The highest BCUT2D eigenvalue weighted by molar-refractivity contribution is 5.90. The van der Waals surface area contributed by atoms with Gasteiger partial charge in [-0.05, 0) is 72.7 Å². The van der Waals surface area contributed by atoms with E-state index in [9.17, 15) is 14.4 Å². The second kappa shape index (κ2) is 10.0. The summed E-state index contributed by atoms with van der Waals surface area (Å²) in [4.78, 5) is 42.1. The van der Waals surface area contributed by atoms with E-state index in [2.05, 4.69) is 4.98 Å². The molecule has 8 nitrogen and oxygen atoms in total. The van der Waals surface area contributed by atoms with E-state index in [1.807, 2.05) is 0 Å². The summed E-state index contributed by atoms with van der Waals surface area (Å²) in [5.74, 6) is -0.507. The van der Waals surface area contributed by atoms with E-state index in [-0.39, 0.29) is 18.8 Å². The lowest BCUT2D eigenvalue weighted by atomic mass is 9.98. The first-order valence-electron chi connectivity index (χ1n) is 12.0. The first-order valence-corrected chi connectivity index (χ1v) is 12.0. The fourth-order valence-electron chi connectivity index (χ4n) is 3.65. The van der Waals surface area contributed by atoms with Gasteiger partial charge in [0, 0.05) is 22.2 Å². The van der Waals surface area contributed by atoms with Gasteiger partial charge in [-0.15, -0.1) is 0 Å². The summed E-state index contributed by atoms with van der Waals surface area (Å²) in [6.07, 6.45) is 0. The van der Waals surface area contributed by atoms with E-state index in [4.69, 9.17) is 9.47 Å². The van der Waals surface area contributed by atoms with Crippen LogP contribution in [-0.4, -0.2) is 34.1 Å². The lowest BCUT2D eigenvalue weighted by Gasteiger charge is -2.22. The number of aromatic nitrogens is 2. The van der Waals surface area contributed by atoms with E-state index < -0.39 is 27.7 Å². The minimum atomic E-state index is -1.00. The van der Waals surface area contributed by atoms with Gasteiger partial charge in [-0.3, -0.25) is 14.2 Å². The van der Waals surface area contributed by atoms with Crippen molar-refractivity contribution < 1.29 is 23.5 Å². The van der Waals surface area contributed by atoms with Gasteiger partial charge >= 0.3 is 11.9 Å². The molecule has 0 N–H and O–H groups in total. The highest BCUT2D eigenvalue weighted by atomic mass is 19.2. The van der Waals surface area contributed by atoms with Crippen LogP contribution in [0.1, 0.15) is 63.3 Å². The van der Waals surface area contributed by atoms with Gasteiger partial charge in [0.25, 0.3) is 5.56 Å². The average Bonchev–Trinajstić information content (AvgIpc) is 2.77. The molecule has 198 valence electrons. The lowest BCUT2D eigenvalue weighted by Crippen LogP contribution is -2.34. The third kappa shape index (κ3) is 6.80. The summed E-state index contributed by atoms with van der Waals surface area (Å²) in [6.45, 7) is 11.9. The SMILES string of the molecule is Cc1nc2ccc(C[N+](C)(F)c3ccc(C(=O)OC(C)(C)C)cc3)cc2c(=O)n1COC(=O)C(C)(C)C. The van der Waals surface area contributed by atoms with Crippen LogP contribution in [0.3, 0.4) is 0 Å². The number of benzene rings is 2. The number of halogens is 1. The molecule has 37 heavy (non-hydrogen) atoms. The molecular formula is C28H35FN3O5+. The second-order valence-corrected chi connectivity index (χ2v) is 11.3. The molecule has 0 aliphatic heterocycles. The number of aryl methyl sites for hydroxylation is 1. The minimum absolute atomic E-state index is 0.0615. The van der Waals surface area contributed by atoms with Crippen LogP contribution in [-0.2, 0) is 27.5 Å². The van der Waals surface area contributed by atoms with Crippen molar-refractivity contribution in [3.63, 3.8) is 0 Å². The number of ether oxygens (including phenoxy) is 2. The smallest absolute Gasteiger partial charge is 0.338 e. The average molecular weight is 513 g/mol. The monoisotopic (exact) mass is 512 g/mol. The maximum atomic E-state index is 15.7. The highest BCUT2D eigenvalue weighted by Crippen LogP contribution is 2.27. The van der Waals surface area contributed by atoms with Crippen molar-refractivity contribution in [2.75, 3.05) is 7.05 Å². The summed E-state index contributed by atoms with van der Waals surface area (Å²) in [5.41, 5.74) is 0.00902. The first-order chi connectivity index (χ1) is 17.0. The number of esters is 2. The van der Waals surface area contributed by atoms with Crippen LogP contribution in [0.2, 0.25) is 0 Å². The maximum Gasteiger partial charge on any atom is 0.338 e. The third-order valence-corrected chi connectivity index (χ3v) is 5.67. The Morgan fingerprint density at radius 2 is 1.65 bits per heavy atom. The topological polar surface area (TPSA) is 87.5 Å². The maximum absolute atomic E-state index is 15.7. The molecule has 1 atom stereocenters. The predicted octanol–water partition coefficient (Wildman–Crippen LogP) is 5.23. The summed E-state index contributed by atoms with van der Waals surface area (Å²) in [7, 11) is 1.39. The Morgan fingerprint density at radius 1 is 1.03 bits per heavy atom. The standard InChI is InChI=1S/C28H35FN3O5/c1-18-30-23-14-9-19(15-22(23)24(33)31(18)17-36-26(35)27(2,3)4)16-32(8,29)21-12-10-20(11-13-21)25(34)37-28(5,6)7/h9-15H,16-17H2,1-8H3/q+1. The van der Waals surface area contributed by atoms with E-state index in [1.165, 1.54) is 23.7 Å². The molecule has 3 aromatic rings. The molecule has 0 saturated carbocycles. The Labute approximate surface area is 216 Å². The molecule has 0 bridgehead atoms. The zero-order chi connectivity index (χ0) is 27.8. The van der Waals surface area contributed by atoms with Gasteiger partial charge < -0.3 is 9.47 Å². The van der Waals surface area contributed by atoms with Crippen molar-refractivity contribution in [2.24, 2.45) is 5.41 Å². The van der Waals surface area contributed by atoms with Gasteiger partial charge in [-0.2, -0.15) is 0 Å². The number of hydrogen-bond acceptors (Lipinski definition) is 6. The molecular weight excluding hydrogens is 477 g/mol. The zero-order valence-electron chi connectivity index (χ0n) is 22.7. The summed E-state index contributed by atoms with van der Waals surface area (Å²) >= 11 is 0. The van der Waals surface area contributed by atoms with Crippen LogP contribution in [0.4, 0.5) is 10.2 Å². The Bertz CT molecular complexity index is 1380. The van der Waals surface area contributed by atoms with Crippen molar-refractivity contribution in [1.29, 1.82) is 0 Å². The predicted molar refractivity (Wildman–Crippen MR) is 140 cm³/mol. The van der Waals surface area contributed by atoms with Crippen molar-refractivity contribution >= 4 is 28.5 Å². The van der Waals surface area contributed by atoms with Gasteiger partial charge in [0.15, 0.2) is 12.4 Å². The molecule has 9 heteroatoms. The number of rotatable bonds is 6. The number of carbonyl (C=O) groups excluding carboxylic acids is 2. The molecule has 1 aromatic heterocycles. The van der Waals surface area contributed by atoms with Crippen LogP contribution in [0.15, 0.2) is 47.3 Å². The molecule has 0 amide bonds. The number of quaternary nitrogens is 1. The fourth-order valence-corrected chi connectivity index (χ4v) is 3.65. The van der Waals surface area contributed by atoms with Crippen molar-refractivity contribution in [3.8, 4) is 0 Å². The molecule has 0 aliphatic carbocycles. The third-order valence-electron chi connectivity index (χ3n) is 5.67. The fraction of sp³-hybridized carbons (Fsp3) is 0.429. The lowest BCUT2D eigenvalue weighted by molar-refractivity contribution is -0.157. The molecule has 2 aromatic carbocycles. The number of nitrogens with zero attached hydrogens (tertiary/aromatic N) is 3. The number of fused-ring (bicyclic) bond motifs is 1. The van der Waals surface area contributed by atoms with E-state index in [1.54, 1.807) is 78.8 Å². The second-order valence-electron chi connectivity index (χ2n) is 11.3. The Balaban J connectivity index is 1.85. The van der Waals surface area contributed by atoms with Crippen LogP contribution >= 0.6 is 0 Å². The molecule has 1 heterocycles. The molecule has 3 rings (SSSR count). The van der Waals surface area contributed by atoms with Crippen LogP contribution in [0.25, 0.3) is 10.9 Å². The van der Waals surface area contributed by atoms with E-state index in [0.717, 1.165) is 0 Å². The molecule has 0 radical (unpaired) electrons.